The Bertz CT molecular complexity index is 999. The molecule has 0 unspecified atom stereocenters. The quantitative estimate of drug-likeness (QED) is 0.461. The summed E-state index contributed by atoms with van der Waals surface area (Å²) in [7, 11) is 0. The van der Waals surface area contributed by atoms with Gasteiger partial charge in [-0.1, -0.05) is 46.7 Å². The number of nitrogens with zero attached hydrogens (tertiary/aromatic N) is 3. The Hall–Kier alpha value is -2.12. The van der Waals surface area contributed by atoms with E-state index in [1.54, 1.807) is 11.3 Å². The molecule has 0 atom stereocenters. The predicted octanol–water partition coefficient (Wildman–Crippen LogP) is 5.20. The number of unbranched alkanes of at least 4 members (excludes halogenated alkanes) is 1. The van der Waals surface area contributed by atoms with Gasteiger partial charge in [0, 0.05) is 36.2 Å². The van der Waals surface area contributed by atoms with Crippen LogP contribution in [0.5, 0.6) is 5.75 Å². The normalized spacial score (nSPS) is 14.4. The average molecular weight is 474 g/mol. The molecule has 1 aromatic heterocycles. The van der Waals surface area contributed by atoms with Gasteiger partial charge in [0.25, 0.3) is 5.91 Å². The van der Waals surface area contributed by atoms with Gasteiger partial charge in [-0.05, 0) is 42.8 Å². The van der Waals surface area contributed by atoms with Crippen LogP contribution in [0.15, 0.2) is 46.9 Å². The van der Waals surface area contributed by atoms with Crippen LogP contribution in [0.1, 0.15) is 30.1 Å². The predicted molar refractivity (Wildman–Crippen MR) is 122 cm³/mol. The van der Waals surface area contributed by atoms with Gasteiger partial charge < -0.3 is 14.5 Å². The molecule has 3 aromatic rings. The molecule has 7 heteroatoms. The van der Waals surface area contributed by atoms with Crippen LogP contribution in [0.3, 0.4) is 0 Å². The van der Waals surface area contributed by atoms with Crippen molar-refractivity contribution in [3.05, 3.63) is 52.5 Å². The molecule has 5 nitrogen and oxygen atoms in total. The minimum atomic E-state index is 0.0684. The molecule has 1 fully saturated rings. The SMILES string of the molecule is CCCCOc1cccc(C(=O)N2CCN(c3nc4ccc(Br)cc4s3)CC2)c1. The van der Waals surface area contributed by atoms with Gasteiger partial charge in [0.15, 0.2) is 5.13 Å². The maximum atomic E-state index is 12.9. The van der Waals surface area contributed by atoms with E-state index < -0.39 is 0 Å². The summed E-state index contributed by atoms with van der Waals surface area (Å²) in [6.07, 6.45) is 2.11. The second-order valence-electron chi connectivity index (χ2n) is 7.12. The summed E-state index contributed by atoms with van der Waals surface area (Å²) in [6.45, 7) is 5.79. The first-order valence-corrected chi connectivity index (χ1v) is 11.6. The lowest BCUT2D eigenvalue weighted by Crippen LogP contribution is -2.48. The summed E-state index contributed by atoms with van der Waals surface area (Å²) in [5.41, 5.74) is 1.71. The minimum absolute atomic E-state index is 0.0684. The van der Waals surface area contributed by atoms with Gasteiger partial charge in [-0.15, -0.1) is 0 Å². The number of thiazole rings is 1. The summed E-state index contributed by atoms with van der Waals surface area (Å²) in [5, 5.41) is 1.02. The molecule has 0 radical (unpaired) electrons. The zero-order valence-electron chi connectivity index (χ0n) is 16.4. The highest BCUT2D eigenvalue weighted by Crippen LogP contribution is 2.31. The summed E-state index contributed by atoms with van der Waals surface area (Å²) < 4.78 is 7.99. The number of amides is 1. The van der Waals surface area contributed by atoms with E-state index in [-0.39, 0.29) is 5.91 Å². The highest BCUT2D eigenvalue weighted by Gasteiger charge is 2.24. The summed E-state index contributed by atoms with van der Waals surface area (Å²) in [4.78, 5) is 21.9. The fourth-order valence-corrected chi connectivity index (χ4v) is 4.93. The fraction of sp³-hybridized carbons (Fsp3) is 0.364. The van der Waals surface area contributed by atoms with Crippen molar-refractivity contribution >= 4 is 48.5 Å². The van der Waals surface area contributed by atoms with Gasteiger partial charge in [0.05, 0.1) is 16.8 Å². The third-order valence-corrected chi connectivity index (χ3v) is 6.60. The monoisotopic (exact) mass is 473 g/mol. The Morgan fingerprint density at radius 2 is 2.00 bits per heavy atom. The molecular weight excluding hydrogens is 450 g/mol. The maximum Gasteiger partial charge on any atom is 0.254 e. The van der Waals surface area contributed by atoms with Crippen molar-refractivity contribution in [3.63, 3.8) is 0 Å². The van der Waals surface area contributed by atoms with Gasteiger partial charge in [0.2, 0.25) is 0 Å². The first kappa shape index (κ1) is 20.2. The third-order valence-electron chi connectivity index (χ3n) is 5.02. The molecule has 0 saturated carbocycles. The number of rotatable bonds is 6. The minimum Gasteiger partial charge on any atom is -0.494 e. The van der Waals surface area contributed by atoms with E-state index in [2.05, 4.69) is 33.8 Å². The van der Waals surface area contributed by atoms with E-state index in [0.29, 0.717) is 25.3 Å². The Morgan fingerprint density at radius 3 is 2.79 bits per heavy atom. The molecule has 152 valence electrons. The number of hydrogen-bond donors (Lipinski definition) is 0. The smallest absolute Gasteiger partial charge is 0.254 e. The first-order chi connectivity index (χ1) is 14.1. The van der Waals surface area contributed by atoms with Crippen LogP contribution in [0.25, 0.3) is 10.2 Å². The second-order valence-corrected chi connectivity index (χ2v) is 9.04. The van der Waals surface area contributed by atoms with Crippen LogP contribution in [-0.2, 0) is 0 Å². The molecule has 4 rings (SSSR count). The largest absolute Gasteiger partial charge is 0.494 e. The maximum absolute atomic E-state index is 12.9. The van der Waals surface area contributed by atoms with E-state index in [1.807, 2.05) is 41.3 Å². The van der Waals surface area contributed by atoms with E-state index in [0.717, 1.165) is 46.8 Å². The highest BCUT2D eigenvalue weighted by atomic mass is 79.9. The third kappa shape index (κ3) is 4.73. The average Bonchev–Trinajstić information content (AvgIpc) is 3.17. The van der Waals surface area contributed by atoms with Crippen molar-refractivity contribution in [2.75, 3.05) is 37.7 Å². The molecule has 1 saturated heterocycles. The summed E-state index contributed by atoms with van der Waals surface area (Å²) in [6, 6.07) is 13.7. The lowest BCUT2D eigenvalue weighted by Gasteiger charge is -2.34. The molecule has 0 N–H and O–H groups in total. The molecule has 0 aliphatic carbocycles. The Morgan fingerprint density at radius 1 is 1.17 bits per heavy atom. The molecule has 2 heterocycles. The fourth-order valence-electron chi connectivity index (χ4n) is 3.36. The molecule has 1 amide bonds. The number of ether oxygens (including phenoxy) is 1. The topological polar surface area (TPSA) is 45.7 Å². The van der Waals surface area contributed by atoms with E-state index in [1.165, 1.54) is 4.70 Å². The van der Waals surface area contributed by atoms with Crippen LogP contribution >= 0.6 is 27.3 Å². The molecular formula is C22H24BrN3O2S. The lowest BCUT2D eigenvalue weighted by molar-refractivity contribution is 0.0746. The number of benzene rings is 2. The van der Waals surface area contributed by atoms with Crippen molar-refractivity contribution in [1.82, 2.24) is 9.88 Å². The standard InChI is InChI=1S/C22H24BrN3O2S/c1-2-3-13-28-18-6-4-5-16(14-18)21(27)25-9-11-26(12-10-25)22-24-19-8-7-17(23)15-20(19)29-22/h4-8,14-15H,2-3,9-13H2,1H3. The molecule has 29 heavy (non-hydrogen) atoms. The molecule has 0 bridgehead atoms. The van der Waals surface area contributed by atoms with Gasteiger partial charge in [-0.25, -0.2) is 4.98 Å². The van der Waals surface area contributed by atoms with Gasteiger partial charge in [-0.3, -0.25) is 4.79 Å². The van der Waals surface area contributed by atoms with Crippen molar-refractivity contribution in [1.29, 1.82) is 0 Å². The van der Waals surface area contributed by atoms with Crippen molar-refractivity contribution in [2.45, 2.75) is 19.8 Å². The van der Waals surface area contributed by atoms with E-state index in [4.69, 9.17) is 9.72 Å². The number of fused-ring (bicyclic) bond motifs is 1. The highest BCUT2D eigenvalue weighted by molar-refractivity contribution is 9.10. The van der Waals surface area contributed by atoms with Crippen LogP contribution in [0, 0.1) is 0 Å². The zero-order chi connectivity index (χ0) is 20.2. The summed E-state index contributed by atoms with van der Waals surface area (Å²) in [5.74, 6) is 0.836. The van der Waals surface area contributed by atoms with Gasteiger partial charge >= 0.3 is 0 Å². The first-order valence-electron chi connectivity index (χ1n) is 9.97. The summed E-state index contributed by atoms with van der Waals surface area (Å²) >= 11 is 5.22. The van der Waals surface area contributed by atoms with Crippen molar-refractivity contribution in [3.8, 4) is 5.75 Å². The van der Waals surface area contributed by atoms with Crippen LogP contribution in [0.2, 0.25) is 0 Å². The number of carbonyl (C=O) groups excluding carboxylic acids is 1. The Kier molecular flexibility index (Phi) is 6.35. The Labute approximate surface area is 183 Å². The van der Waals surface area contributed by atoms with Crippen molar-refractivity contribution < 1.29 is 9.53 Å². The van der Waals surface area contributed by atoms with E-state index in [9.17, 15) is 4.79 Å². The molecule has 1 aliphatic rings. The Balaban J connectivity index is 1.38. The zero-order valence-corrected chi connectivity index (χ0v) is 18.8. The number of aromatic nitrogens is 1. The van der Waals surface area contributed by atoms with Crippen LogP contribution in [0.4, 0.5) is 5.13 Å². The van der Waals surface area contributed by atoms with E-state index >= 15 is 0 Å². The van der Waals surface area contributed by atoms with Gasteiger partial charge in [-0.2, -0.15) is 0 Å². The molecule has 2 aromatic carbocycles. The second kappa shape index (κ2) is 9.13. The number of halogens is 1. The van der Waals surface area contributed by atoms with Gasteiger partial charge in [0.1, 0.15) is 5.75 Å². The number of piperazine rings is 1. The van der Waals surface area contributed by atoms with Crippen molar-refractivity contribution in [2.24, 2.45) is 0 Å². The van der Waals surface area contributed by atoms with Crippen LogP contribution < -0.4 is 9.64 Å². The number of hydrogen-bond acceptors (Lipinski definition) is 5. The number of anilines is 1. The number of carbonyl (C=O) groups is 1. The lowest BCUT2D eigenvalue weighted by atomic mass is 10.1. The molecule has 1 aliphatic heterocycles. The molecule has 0 spiro atoms. The van der Waals surface area contributed by atoms with Crippen LogP contribution in [-0.4, -0.2) is 48.6 Å².